The Morgan fingerprint density at radius 2 is 1.72 bits per heavy atom. The number of terminal acetylenes is 1. The molecule has 2 atom stereocenters. The minimum atomic E-state index is 0.686. The van der Waals surface area contributed by atoms with Crippen LogP contribution in [0.4, 0.5) is 0 Å². The molecule has 2 bridgehead atoms. The summed E-state index contributed by atoms with van der Waals surface area (Å²) in [5, 5.41) is 3.72. The largest absolute Gasteiger partial charge is 0.312 e. The van der Waals surface area contributed by atoms with Gasteiger partial charge in [0.2, 0.25) is 0 Å². The van der Waals surface area contributed by atoms with Gasteiger partial charge in [-0.05, 0) is 48.6 Å². The van der Waals surface area contributed by atoms with E-state index >= 15 is 0 Å². The first-order valence-corrected chi connectivity index (χ1v) is 7.12. The van der Waals surface area contributed by atoms with Crippen LogP contribution in [0.1, 0.15) is 30.4 Å². The van der Waals surface area contributed by atoms with Crippen LogP contribution in [0.3, 0.4) is 0 Å². The molecule has 0 saturated heterocycles. The van der Waals surface area contributed by atoms with E-state index in [1.54, 1.807) is 11.1 Å². The highest BCUT2D eigenvalue weighted by molar-refractivity contribution is 5.30. The molecule has 1 heteroatoms. The summed E-state index contributed by atoms with van der Waals surface area (Å²) in [7, 11) is 0. The van der Waals surface area contributed by atoms with Crippen LogP contribution in [0, 0.1) is 24.2 Å². The molecular formula is C17H21N. The second-order valence-electron chi connectivity index (χ2n) is 5.71. The van der Waals surface area contributed by atoms with Crippen LogP contribution in [-0.2, 0) is 12.8 Å². The van der Waals surface area contributed by atoms with Crippen molar-refractivity contribution in [1.82, 2.24) is 5.32 Å². The van der Waals surface area contributed by atoms with Crippen molar-refractivity contribution < 1.29 is 0 Å². The van der Waals surface area contributed by atoms with E-state index in [0.29, 0.717) is 6.04 Å². The molecule has 94 valence electrons. The van der Waals surface area contributed by atoms with E-state index in [9.17, 15) is 0 Å². The second-order valence-corrected chi connectivity index (χ2v) is 5.71. The van der Waals surface area contributed by atoms with E-state index in [-0.39, 0.29) is 0 Å². The molecule has 0 aliphatic heterocycles. The van der Waals surface area contributed by atoms with Gasteiger partial charge in [-0.3, -0.25) is 0 Å². The van der Waals surface area contributed by atoms with E-state index in [4.69, 9.17) is 6.42 Å². The van der Waals surface area contributed by atoms with Crippen molar-refractivity contribution in [2.75, 3.05) is 6.54 Å². The molecule has 2 unspecified atom stereocenters. The van der Waals surface area contributed by atoms with Crippen molar-refractivity contribution in [3.05, 3.63) is 35.4 Å². The summed E-state index contributed by atoms with van der Waals surface area (Å²) in [5.41, 5.74) is 3.15. The fourth-order valence-corrected chi connectivity index (χ4v) is 3.80. The van der Waals surface area contributed by atoms with Crippen LogP contribution >= 0.6 is 0 Å². The van der Waals surface area contributed by atoms with Crippen molar-refractivity contribution in [3.63, 3.8) is 0 Å². The lowest BCUT2D eigenvalue weighted by atomic mass is 9.94. The van der Waals surface area contributed by atoms with Crippen LogP contribution in [0.15, 0.2) is 24.3 Å². The number of rotatable bonds is 3. The molecule has 0 radical (unpaired) electrons. The lowest BCUT2D eigenvalue weighted by Gasteiger charge is -2.23. The number of fused-ring (bicyclic) bond motifs is 3. The summed E-state index contributed by atoms with van der Waals surface area (Å²) < 4.78 is 0. The Balaban J connectivity index is 1.76. The van der Waals surface area contributed by atoms with Gasteiger partial charge in [0.05, 0.1) is 0 Å². The molecule has 3 rings (SSSR count). The zero-order valence-electron chi connectivity index (χ0n) is 10.9. The van der Waals surface area contributed by atoms with Gasteiger partial charge >= 0.3 is 0 Å². The lowest BCUT2D eigenvalue weighted by Crippen LogP contribution is -2.38. The maximum absolute atomic E-state index is 5.34. The van der Waals surface area contributed by atoms with E-state index < -0.39 is 0 Å². The summed E-state index contributed by atoms with van der Waals surface area (Å²) in [6.45, 7) is 0.977. The Morgan fingerprint density at radius 3 is 2.28 bits per heavy atom. The summed E-state index contributed by atoms with van der Waals surface area (Å²) in [6.07, 6.45) is 11.5. The highest BCUT2D eigenvalue weighted by Gasteiger charge is 2.38. The van der Waals surface area contributed by atoms with Crippen molar-refractivity contribution in [2.45, 2.75) is 38.1 Å². The van der Waals surface area contributed by atoms with E-state index in [1.807, 2.05) is 0 Å². The molecule has 0 aromatic heterocycles. The Labute approximate surface area is 110 Å². The molecule has 1 aromatic carbocycles. The van der Waals surface area contributed by atoms with Gasteiger partial charge in [-0.25, -0.2) is 0 Å². The highest BCUT2D eigenvalue weighted by Crippen LogP contribution is 2.39. The molecule has 1 aromatic rings. The summed E-state index contributed by atoms with van der Waals surface area (Å²) in [4.78, 5) is 0. The van der Waals surface area contributed by atoms with Gasteiger partial charge in [-0.2, -0.15) is 0 Å². The Morgan fingerprint density at radius 1 is 1.11 bits per heavy atom. The van der Waals surface area contributed by atoms with Crippen LogP contribution in [0.2, 0.25) is 0 Å². The van der Waals surface area contributed by atoms with Gasteiger partial charge in [-0.15, -0.1) is 12.3 Å². The third-order valence-corrected chi connectivity index (χ3v) is 4.66. The molecule has 2 aliphatic carbocycles. The molecule has 1 nitrogen and oxygen atoms in total. The normalized spacial score (nSPS) is 29.4. The smallest absolute Gasteiger partial charge is 0.0212 e. The summed E-state index contributed by atoms with van der Waals surface area (Å²) in [6, 6.07) is 9.67. The molecular weight excluding hydrogens is 218 g/mol. The zero-order valence-corrected chi connectivity index (χ0v) is 10.9. The Kier molecular flexibility index (Phi) is 3.39. The second kappa shape index (κ2) is 5.16. The fourth-order valence-electron chi connectivity index (χ4n) is 3.80. The molecule has 18 heavy (non-hydrogen) atoms. The molecule has 1 N–H and O–H groups in total. The number of benzene rings is 1. The zero-order chi connectivity index (χ0) is 12.4. The minimum absolute atomic E-state index is 0.686. The van der Waals surface area contributed by atoms with Crippen molar-refractivity contribution >= 4 is 0 Å². The third kappa shape index (κ3) is 2.18. The maximum atomic E-state index is 5.34. The highest BCUT2D eigenvalue weighted by atomic mass is 14.9. The van der Waals surface area contributed by atoms with Crippen LogP contribution in [-0.4, -0.2) is 12.6 Å². The standard InChI is InChI=1S/C17H21N/c1-2-3-10-18-17-15-8-9-16(17)12-14-7-5-4-6-13(14)11-15/h1,4-7,15-18H,3,8-12H2. The first-order valence-electron chi connectivity index (χ1n) is 7.12. The Bertz CT molecular complexity index is 424. The van der Waals surface area contributed by atoms with Gasteiger partial charge in [-0.1, -0.05) is 24.3 Å². The first kappa shape index (κ1) is 11.8. The average Bonchev–Trinajstić information content (AvgIpc) is 2.66. The quantitative estimate of drug-likeness (QED) is 0.632. The molecule has 2 aliphatic rings. The van der Waals surface area contributed by atoms with Crippen molar-refractivity contribution in [2.24, 2.45) is 11.8 Å². The van der Waals surface area contributed by atoms with Crippen molar-refractivity contribution in [3.8, 4) is 12.3 Å². The molecule has 1 saturated carbocycles. The SMILES string of the molecule is C#CCCNC1C2CCC1Cc1ccccc1C2. The topological polar surface area (TPSA) is 12.0 Å². The van der Waals surface area contributed by atoms with Gasteiger partial charge in [0.1, 0.15) is 0 Å². The van der Waals surface area contributed by atoms with Crippen molar-refractivity contribution in [1.29, 1.82) is 0 Å². The van der Waals surface area contributed by atoms with Gasteiger partial charge in [0.25, 0.3) is 0 Å². The molecule has 0 spiro atoms. The van der Waals surface area contributed by atoms with Crippen LogP contribution in [0.5, 0.6) is 0 Å². The summed E-state index contributed by atoms with van der Waals surface area (Å²) in [5.74, 6) is 4.36. The number of hydrogen-bond acceptors (Lipinski definition) is 1. The van der Waals surface area contributed by atoms with Gasteiger partial charge < -0.3 is 5.32 Å². The fraction of sp³-hybridized carbons (Fsp3) is 0.529. The summed E-state index contributed by atoms with van der Waals surface area (Å²) >= 11 is 0. The van der Waals surface area contributed by atoms with E-state index in [0.717, 1.165) is 24.8 Å². The first-order chi connectivity index (χ1) is 8.88. The minimum Gasteiger partial charge on any atom is -0.312 e. The number of nitrogens with one attached hydrogen (secondary N) is 1. The molecule has 0 amide bonds. The predicted molar refractivity (Wildman–Crippen MR) is 75.3 cm³/mol. The van der Waals surface area contributed by atoms with Gasteiger partial charge in [0, 0.05) is 19.0 Å². The van der Waals surface area contributed by atoms with Crippen LogP contribution < -0.4 is 5.32 Å². The Hall–Kier alpha value is -1.26. The molecule has 0 heterocycles. The maximum Gasteiger partial charge on any atom is 0.0212 e. The van der Waals surface area contributed by atoms with E-state index in [2.05, 4.69) is 35.5 Å². The van der Waals surface area contributed by atoms with E-state index in [1.165, 1.54) is 25.7 Å². The predicted octanol–water partition coefficient (Wildman–Crippen LogP) is 2.79. The van der Waals surface area contributed by atoms with Crippen LogP contribution in [0.25, 0.3) is 0 Å². The van der Waals surface area contributed by atoms with Gasteiger partial charge in [0.15, 0.2) is 0 Å². The third-order valence-electron chi connectivity index (χ3n) is 4.66. The average molecular weight is 239 g/mol. The monoisotopic (exact) mass is 239 g/mol. The molecule has 1 fully saturated rings. The lowest BCUT2D eigenvalue weighted by molar-refractivity contribution is 0.346. The number of hydrogen-bond donors (Lipinski definition) is 1.